The predicted octanol–water partition coefficient (Wildman–Crippen LogP) is 1.82. The monoisotopic (exact) mass is 335 g/mol. The van der Waals surface area contributed by atoms with Crippen LogP contribution in [0.4, 0.5) is 0 Å². The molecular weight excluding hydrogens is 322 g/mol. The van der Waals surface area contributed by atoms with Gasteiger partial charge in [-0.3, -0.25) is 9.59 Å². The average molecular weight is 335 g/mol. The van der Waals surface area contributed by atoms with Crippen LogP contribution in [0.1, 0.15) is 13.8 Å². The first-order valence-corrected chi connectivity index (χ1v) is 7.62. The summed E-state index contributed by atoms with van der Waals surface area (Å²) in [6.07, 6.45) is 1.76. The van der Waals surface area contributed by atoms with E-state index < -0.39 is 17.9 Å². The second-order valence-corrected chi connectivity index (χ2v) is 5.07. The van der Waals surface area contributed by atoms with Gasteiger partial charge in [-0.05, 0) is 24.5 Å². The quantitative estimate of drug-likeness (QED) is 0.508. The van der Waals surface area contributed by atoms with E-state index in [0.29, 0.717) is 10.7 Å². The van der Waals surface area contributed by atoms with Gasteiger partial charge in [-0.2, -0.15) is 9.97 Å². The molecule has 1 N–H and O–H groups in total. The lowest BCUT2D eigenvalue weighted by atomic mass is 10.2. The highest BCUT2D eigenvalue weighted by atomic mass is 32.2. The normalized spacial score (nSPS) is 10.2. The Kier molecular flexibility index (Phi) is 5.12. The molecule has 0 aliphatic rings. The van der Waals surface area contributed by atoms with Crippen molar-refractivity contribution in [3.05, 3.63) is 18.2 Å². The zero-order chi connectivity index (χ0) is 17.0. The molecule has 9 heteroatoms. The number of ether oxygens (including phenoxy) is 2. The van der Waals surface area contributed by atoms with Crippen molar-refractivity contribution in [2.45, 2.75) is 19.0 Å². The Balaban J connectivity index is 2.49. The van der Waals surface area contributed by atoms with Crippen LogP contribution in [0.5, 0.6) is 17.5 Å². The van der Waals surface area contributed by atoms with Gasteiger partial charge in [0.2, 0.25) is 0 Å². The summed E-state index contributed by atoms with van der Waals surface area (Å²) in [6.45, 7) is 2.46. The summed E-state index contributed by atoms with van der Waals surface area (Å²) < 4.78 is 10.0. The first-order valence-electron chi connectivity index (χ1n) is 6.39. The van der Waals surface area contributed by atoms with Gasteiger partial charge in [0.25, 0.3) is 0 Å². The summed E-state index contributed by atoms with van der Waals surface area (Å²) in [5, 5.41) is 9.88. The van der Waals surface area contributed by atoms with Crippen molar-refractivity contribution < 1.29 is 24.2 Å². The molecule has 0 saturated carbocycles. The predicted molar refractivity (Wildman–Crippen MR) is 81.3 cm³/mol. The second-order valence-electron chi connectivity index (χ2n) is 4.29. The molecule has 0 aliphatic heterocycles. The fourth-order valence-electron chi connectivity index (χ4n) is 1.69. The van der Waals surface area contributed by atoms with Crippen molar-refractivity contribution in [1.82, 2.24) is 15.0 Å². The summed E-state index contributed by atoms with van der Waals surface area (Å²) in [7, 11) is 0. The molecule has 1 aromatic heterocycles. The van der Waals surface area contributed by atoms with Gasteiger partial charge in [-0.15, -0.1) is 0 Å². The maximum atomic E-state index is 11.2. The van der Waals surface area contributed by atoms with E-state index in [1.54, 1.807) is 12.3 Å². The Morgan fingerprint density at radius 1 is 1.04 bits per heavy atom. The molecular formula is C14H13N3O5S. The summed E-state index contributed by atoms with van der Waals surface area (Å²) >= 11 is 1.24. The summed E-state index contributed by atoms with van der Waals surface area (Å²) in [6, 6.07) is 4.05. The number of hydrogen-bond acceptors (Lipinski definition) is 9. The van der Waals surface area contributed by atoms with E-state index in [1.807, 2.05) is 0 Å². The van der Waals surface area contributed by atoms with E-state index in [1.165, 1.54) is 37.7 Å². The number of nitrogens with zero attached hydrogens (tertiary/aromatic N) is 3. The maximum absolute atomic E-state index is 11.2. The number of carbonyl (C=O) groups is 2. The Morgan fingerprint density at radius 3 is 2.30 bits per heavy atom. The fourth-order valence-corrected chi connectivity index (χ4v) is 2.04. The second kappa shape index (κ2) is 7.05. The number of esters is 2. The third-order valence-electron chi connectivity index (χ3n) is 2.49. The van der Waals surface area contributed by atoms with Crippen molar-refractivity contribution >= 4 is 23.7 Å². The summed E-state index contributed by atoms with van der Waals surface area (Å²) in [4.78, 5) is 34.1. The van der Waals surface area contributed by atoms with Crippen molar-refractivity contribution in [3.8, 4) is 28.9 Å². The summed E-state index contributed by atoms with van der Waals surface area (Å²) in [5.74, 6) is -0.771. The van der Waals surface area contributed by atoms with Gasteiger partial charge < -0.3 is 14.6 Å². The van der Waals surface area contributed by atoms with E-state index in [0.717, 1.165) is 0 Å². The van der Waals surface area contributed by atoms with Crippen molar-refractivity contribution in [3.63, 3.8) is 0 Å². The highest BCUT2D eigenvalue weighted by Gasteiger charge is 2.14. The zero-order valence-electron chi connectivity index (χ0n) is 12.6. The smallest absolute Gasteiger partial charge is 0.318 e. The van der Waals surface area contributed by atoms with Crippen LogP contribution in [-0.4, -0.2) is 38.3 Å². The largest absolute Gasteiger partial charge is 0.479 e. The molecule has 8 nitrogen and oxygen atoms in total. The van der Waals surface area contributed by atoms with E-state index in [9.17, 15) is 14.7 Å². The van der Waals surface area contributed by atoms with Crippen LogP contribution in [0, 0.1) is 0 Å². The van der Waals surface area contributed by atoms with Crippen LogP contribution in [0.25, 0.3) is 11.4 Å². The van der Waals surface area contributed by atoms with Gasteiger partial charge in [-0.25, -0.2) is 4.98 Å². The minimum Gasteiger partial charge on any atom is -0.479 e. The maximum Gasteiger partial charge on any atom is 0.318 e. The Morgan fingerprint density at radius 2 is 1.70 bits per heavy atom. The van der Waals surface area contributed by atoms with Crippen LogP contribution >= 0.6 is 11.8 Å². The number of aromatic nitrogens is 3. The molecule has 0 radical (unpaired) electrons. The molecule has 0 fully saturated rings. The highest BCUT2D eigenvalue weighted by Crippen LogP contribution is 2.32. The zero-order valence-corrected chi connectivity index (χ0v) is 13.4. The molecule has 1 heterocycles. The molecule has 0 saturated heterocycles. The molecule has 120 valence electrons. The number of rotatable bonds is 4. The first-order chi connectivity index (χ1) is 10.9. The number of thioether (sulfide) groups is 1. The standard InChI is InChI=1S/C14H13N3O5S/c1-7(18)21-10-5-4-9(6-11(10)22-8(2)19)12-15-13(20)17-14(16-12)23-3/h4-6H,1-3H3,(H,15,16,17,20). The Labute approximate surface area is 135 Å². The van der Waals surface area contributed by atoms with Gasteiger partial charge >= 0.3 is 17.9 Å². The van der Waals surface area contributed by atoms with Crippen molar-refractivity contribution in [1.29, 1.82) is 0 Å². The van der Waals surface area contributed by atoms with Crippen molar-refractivity contribution in [2.75, 3.05) is 6.26 Å². The number of benzene rings is 1. The Bertz CT molecular complexity index is 766. The molecule has 2 rings (SSSR count). The van der Waals surface area contributed by atoms with Crippen LogP contribution in [0.2, 0.25) is 0 Å². The molecule has 2 aromatic rings. The van der Waals surface area contributed by atoms with Gasteiger partial charge in [-0.1, -0.05) is 11.8 Å². The number of hydrogen-bond donors (Lipinski definition) is 1. The average Bonchev–Trinajstić information content (AvgIpc) is 2.47. The van der Waals surface area contributed by atoms with Gasteiger partial charge in [0.05, 0.1) is 0 Å². The fraction of sp³-hybridized carbons (Fsp3) is 0.214. The van der Waals surface area contributed by atoms with E-state index in [2.05, 4.69) is 15.0 Å². The van der Waals surface area contributed by atoms with E-state index in [-0.39, 0.29) is 17.3 Å². The summed E-state index contributed by atoms with van der Waals surface area (Å²) in [5.41, 5.74) is 0.463. The topological polar surface area (TPSA) is 112 Å². The SMILES string of the molecule is CSc1nc(O)nc(-c2ccc(OC(C)=O)c(OC(C)=O)c2)n1. The molecule has 1 aromatic carbocycles. The van der Waals surface area contributed by atoms with Gasteiger partial charge in [0.1, 0.15) is 0 Å². The van der Waals surface area contributed by atoms with Crippen molar-refractivity contribution in [2.24, 2.45) is 0 Å². The third kappa shape index (κ3) is 4.39. The first kappa shape index (κ1) is 16.7. The molecule has 0 atom stereocenters. The molecule has 0 spiro atoms. The van der Waals surface area contributed by atoms with Gasteiger partial charge in [0.15, 0.2) is 22.5 Å². The van der Waals surface area contributed by atoms with Crippen LogP contribution in [-0.2, 0) is 9.59 Å². The Hall–Kier alpha value is -2.68. The lowest BCUT2D eigenvalue weighted by Crippen LogP contribution is -2.07. The molecule has 0 bridgehead atoms. The van der Waals surface area contributed by atoms with Gasteiger partial charge in [0, 0.05) is 19.4 Å². The number of carbonyl (C=O) groups excluding carboxylic acids is 2. The minimum absolute atomic E-state index is 0.0517. The molecule has 0 aliphatic carbocycles. The number of aromatic hydroxyl groups is 1. The molecule has 0 amide bonds. The molecule has 23 heavy (non-hydrogen) atoms. The highest BCUT2D eigenvalue weighted by molar-refractivity contribution is 7.98. The van der Waals surface area contributed by atoms with Crippen LogP contribution in [0.3, 0.4) is 0 Å². The van der Waals surface area contributed by atoms with E-state index >= 15 is 0 Å². The van der Waals surface area contributed by atoms with E-state index in [4.69, 9.17) is 9.47 Å². The minimum atomic E-state index is -0.571. The molecule has 0 unspecified atom stereocenters. The lowest BCUT2D eigenvalue weighted by molar-refractivity contribution is -0.134. The van der Waals surface area contributed by atoms with Crippen LogP contribution < -0.4 is 9.47 Å². The van der Waals surface area contributed by atoms with Crippen LogP contribution in [0.15, 0.2) is 23.4 Å². The third-order valence-corrected chi connectivity index (χ3v) is 3.04. The lowest BCUT2D eigenvalue weighted by Gasteiger charge is -2.10.